The van der Waals surface area contributed by atoms with Crippen LogP contribution in [0.3, 0.4) is 0 Å². The standard InChI is InChI=1S/C19H23N.2C5H10.Zr/c1-3-4-11-16(2)19(17-12-7-5-8-13-17)20-18-14-9-6-10-15-18;2*1-2-4-5-3-1;/h5-10,12-16,19H,2-4,11H2,1H3;2*1-5H2;/q-2;;;+4/t16-,19+;;;/m1.../s1. The van der Waals surface area contributed by atoms with Gasteiger partial charge >= 0.3 is 26.2 Å². The molecule has 0 bridgehead atoms. The van der Waals surface area contributed by atoms with Crippen molar-refractivity contribution in [3.05, 3.63) is 78.5 Å². The Hall–Kier alpha value is -0.877. The Morgan fingerprint density at radius 2 is 1.13 bits per heavy atom. The van der Waals surface area contributed by atoms with Crippen LogP contribution in [0.15, 0.2) is 60.7 Å². The molecule has 166 valence electrons. The minimum atomic E-state index is 0. The van der Waals surface area contributed by atoms with E-state index in [1.807, 2.05) is 24.3 Å². The molecule has 0 radical (unpaired) electrons. The second-order valence-electron chi connectivity index (χ2n) is 8.76. The van der Waals surface area contributed by atoms with Gasteiger partial charge in [-0.15, -0.1) is 11.7 Å². The van der Waals surface area contributed by atoms with E-state index in [0.29, 0.717) is 5.92 Å². The number of nitrogens with zero attached hydrogens (tertiary/aromatic N) is 1. The molecule has 2 aromatic carbocycles. The minimum absolute atomic E-state index is 0. The fraction of sp³-hybridized carbons (Fsp3) is 0.552. The Labute approximate surface area is 211 Å². The van der Waals surface area contributed by atoms with Crippen molar-refractivity contribution in [1.82, 2.24) is 0 Å². The van der Waals surface area contributed by atoms with Crippen LogP contribution in [0.4, 0.5) is 5.69 Å². The molecule has 2 aliphatic carbocycles. The molecule has 0 N–H and O–H groups in total. The largest absolute Gasteiger partial charge is 4.00 e. The molecule has 2 atom stereocenters. The summed E-state index contributed by atoms with van der Waals surface area (Å²) in [6.45, 7) is 6.58. The third-order valence-electron chi connectivity index (χ3n) is 6.06. The zero-order valence-electron chi connectivity index (χ0n) is 19.8. The first kappa shape index (κ1) is 28.2. The van der Waals surface area contributed by atoms with Gasteiger partial charge in [0.25, 0.3) is 0 Å². The van der Waals surface area contributed by atoms with Crippen molar-refractivity contribution in [1.29, 1.82) is 0 Å². The topological polar surface area (TPSA) is 14.1 Å². The summed E-state index contributed by atoms with van der Waals surface area (Å²) in [5.74, 6) is 0.317. The average Bonchev–Trinajstić information content (AvgIpc) is 3.56. The van der Waals surface area contributed by atoms with Gasteiger partial charge in [0, 0.05) is 0 Å². The quantitative estimate of drug-likeness (QED) is 0.338. The summed E-state index contributed by atoms with van der Waals surface area (Å²) in [4.78, 5) is 0. The zero-order chi connectivity index (χ0) is 21.3. The number of hydrogen-bond acceptors (Lipinski definition) is 0. The summed E-state index contributed by atoms with van der Waals surface area (Å²) in [5, 5.41) is 4.92. The maximum absolute atomic E-state index is 4.92. The van der Waals surface area contributed by atoms with Gasteiger partial charge in [0.2, 0.25) is 0 Å². The second kappa shape index (κ2) is 18.7. The molecule has 0 saturated heterocycles. The third-order valence-corrected chi connectivity index (χ3v) is 6.06. The first-order chi connectivity index (χ1) is 14.8. The van der Waals surface area contributed by atoms with E-state index in [9.17, 15) is 0 Å². The molecule has 0 aliphatic heterocycles. The van der Waals surface area contributed by atoms with Gasteiger partial charge in [-0.05, 0) is 0 Å². The second-order valence-corrected chi connectivity index (χ2v) is 8.76. The molecule has 0 heterocycles. The third kappa shape index (κ3) is 12.7. The van der Waals surface area contributed by atoms with Crippen molar-refractivity contribution in [3.8, 4) is 0 Å². The van der Waals surface area contributed by atoms with E-state index < -0.39 is 0 Å². The molecule has 0 unspecified atom stereocenters. The van der Waals surface area contributed by atoms with Crippen LogP contribution < -0.4 is 0 Å². The molecule has 2 heteroatoms. The average molecular weight is 497 g/mol. The van der Waals surface area contributed by atoms with Crippen molar-refractivity contribution in [2.45, 2.75) is 96.4 Å². The Kier molecular flexibility index (Phi) is 17.0. The van der Waals surface area contributed by atoms with Crippen LogP contribution in [0, 0.1) is 12.8 Å². The van der Waals surface area contributed by atoms with Crippen LogP contribution in [0.1, 0.15) is 102 Å². The first-order valence-electron chi connectivity index (χ1n) is 12.4. The maximum Gasteiger partial charge on any atom is 4.00 e. The van der Waals surface area contributed by atoms with Gasteiger partial charge in [-0.2, -0.15) is 5.92 Å². The fourth-order valence-electron chi connectivity index (χ4n) is 4.17. The smallest absolute Gasteiger partial charge is 0.680 e. The Morgan fingerprint density at radius 3 is 1.55 bits per heavy atom. The van der Waals surface area contributed by atoms with Gasteiger partial charge in [0.15, 0.2) is 0 Å². The summed E-state index contributed by atoms with van der Waals surface area (Å²) in [7, 11) is 0. The molecule has 2 aromatic rings. The Morgan fingerprint density at radius 1 is 0.710 bits per heavy atom. The van der Waals surface area contributed by atoms with Crippen LogP contribution in [0.5, 0.6) is 0 Å². The van der Waals surface area contributed by atoms with E-state index in [1.165, 1.54) is 82.6 Å². The van der Waals surface area contributed by atoms with Crippen molar-refractivity contribution in [3.63, 3.8) is 0 Å². The zero-order valence-corrected chi connectivity index (χ0v) is 22.2. The molecule has 4 rings (SSSR count). The molecular formula is C29H43NZr+2. The summed E-state index contributed by atoms with van der Waals surface area (Å²) in [6, 6.07) is 20.9. The molecule has 0 spiro atoms. The Bertz CT molecular complexity index is 594. The van der Waals surface area contributed by atoms with Crippen LogP contribution in [0.25, 0.3) is 5.32 Å². The van der Waals surface area contributed by atoms with Crippen LogP contribution in [-0.2, 0) is 26.2 Å². The predicted octanol–water partition coefficient (Wildman–Crippen LogP) is 9.97. The molecule has 31 heavy (non-hydrogen) atoms. The normalized spacial score (nSPS) is 16.6. The number of para-hydroxylation sites is 1. The fourth-order valence-corrected chi connectivity index (χ4v) is 4.17. The summed E-state index contributed by atoms with van der Waals surface area (Å²) >= 11 is 0. The van der Waals surface area contributed by atoms with Gasteiger partial charge in [-0.25, -0.2) is 0 Å². The maximum atomic E-state index is 4.92. The van der Waals surface area contributed by atoms with Crippen molar-refractivity contribution < 1.29 is 26.2 Å². The molecule has 0 amide bonds. The van der Waals surface area contributed by atoms with Crippen LogP contribution in [-0.4, -0.2) is 0 Å². The van der Waals surface area contributed by atoms with Gasteiger partial charge < -0.3 is 12.2 Å². The first-order valence-corrected chi connectivity index (χ1v) is 12.4. The summed E-state index contributed by atoms with van der Waals surface area (Å²) in [5.41, 5.74) is 2.29. The van der Waals surface area contributed by atoms with E-state index >= 15 is 0 Å². The number of unbranched alkanes of at least 4 members (excludes halogenated alkanes) is 1. The molecular weight excluding hydrogens is 454 g/mol. The van der Waals surface area contributed by atoms with Gasteiger partial charge in [0.1, 0.15) is 0 Å². The molecule has 0 aromatic heterocycles. The van der Waals surface area contributed by atoms with E-state index in [-0.39, 0.29) is 32.2 Å². The molecule has 2 aliphatic rings. The van der Waals surface area contributed by atoms with E-state index in [4.69, 9.17) is 5.32 Å². The predicted molar refractivity (Wildman–Crippen MR) is 133 cm³/mol. The summed E-state index contributed by atoms with van der Waals surface area (Å²) < 4.78 is 0. The van der Waals surface area contributed by atoms with Crippen LogP contribution in [0.2, 0.25) is 0 Å². The van der Waals surface area contributed by atoms with Gasteiger partial charge in [0.05, 0.1) is 0 Å². The van der Waals surface area contributed by atoms with Gasteiger partial charge in [-0.3, -0.25) is 0 Å². The van der Waals surface area contributed by atoms with E-state index in [2.05, 4.69) is 50.2 Å². The van der Waals surface area contributed by atoms with E-state index in [1.54, 1.807) is 0 Å². The van der Waals surface area contributed by atoms with E-state index in [0.717, 1.165) is 12.1 Å². The van der Waals surface area contributed by atoms with Crippen molar-refractivity contribution >= 4 is 5.69 Å². The van der Waals surface area contributed by atoms with Crippen molar-refractivity contribution in [2.75, 3.05) is 0 Å². The Balaban J connectivity index is 0.000000356. The van der Waals surface area contributed by atoms with Crippen LogP contribution >= 0.6 is 0 Å². The summed E-state index contributed by atoms with van der Waals surface area (Å²) in [6.07, 6.45) is 18.5. The van der Waals surface area contributed by atoms with Crippen molar-refractivity contribution in [2.24, 2.45) is 5.92 Å². The molecule has 2 saturated carbocycles. The van der Waals surface area contributed by atoms with Gasteiger partial charge in [-0.1, -0.05) is 157 Å². The number of benzene rings is 2. The monoisotopic (exact) mass is 495 g/mol. The molecule has 2 fully saturated rings. The number of rotatable bonds is 7. The molecule has 1 nitrogen and oxygen atoms in total. The number of hydrogen-bond donors (Lipinski definition) is 0. The minimum Gasteiger partial charge on any atom is -0.680 e. The SMILES string of the molecule is C1CCCC1.C1CCCC1.[CH2-][C@H](CCCC)[C@H]([N-]c1ccccc1)c1ccccc1.[Zr+4].